The second-order valence-corrected chi connectivity index (χ2v) is 10.1. The van der Waals surface area contributed by atoms with E-state index < -0.39 is 5.79 Å². The van der Waals surface area contributed by atoms with Crippen molar-refractivity contribution in [3.05, 3.63) is 0 Å². The highest BCUT2D eigenvalue weighted by Gasteiger charge is 2.60. The lowest BCUT2D eigenvalue weighted by molar-refractivity contribution is -0.233. The molecule has 4 aliphatic carbocycles. The van der Waals surface area contributed by atoms with Crippen molar-refractivity contribution in [2.24, 2.45) is 40.4 Å². The van der Waals surface area contributed by atoms with Gasteiger partial charge in [-0.1, -0.05) is 27.2 Å². The van der Waals surface area contributed by atoms with Crippen LogP contribution in [-0.2, 0) is 0 Å². The molecule has 4 rings (SSSR count). The summed E-state index contributed by atoms with van der Waals surface area (Å²) in [5, 5.41) is 20.3. The molecule has 0 spiro atoms. The zero-order valence-electron chi connectivity index (χ0n) is 15.4. The molecule has 4 fully saturated rings. The number of hydrogen-bond acceptors (Lipinski definition) is 2. The van der Waals surface area contributed by atoms with Crippen LogP contribution in [-0.4, -0.2) is 16.0 Å². The van der Waals surface area contributed by atoms with Gasteiger partial charge in [-0.3, -0.25) is 0 Å². The summed E-state index contributed by atoms with van der Waals surface area (Å²) in [6.45, 7) is 7.50. The Morgan fingerprint density at radius 1 is 0.826 bits per heavy atom. The maximum atomic E-state index is 10.1. The highest BCUT2D eigenvalue weighted by molar-refractivity contribution is 5.09. The standard InChI is InChI=1S/C21H36O2/c1-4-14-6-8-17-16-7-5-15-13-21(22,23)12-11-20(15,3)18(16)9-10-19(14,17)2/h14-18,22-23H,4-13H2,1-3H3. The minimum Gasteiger partial charge on any atom is -0.366 e. The first kappa shape index (κ1) is 16.4. The van der Waals surface area contributed by atoms with Gasteiger partial charge in [0.1, 0.15) is 0 Å². The van der Waals surface area contributed by atoms with Crippen molar-refractivity contribution < 1.29 is 10.2 Å². The third kappa shape index (κ3) is 2.27. The van der Waals surface area contributed by atoms with Crippen molar-refractivity contribution in [2.45, 2.75) is 90.8 Å². The summed E-state index contributed by atoms with van der Waals surface area (Å²) in [5.74, 6) is 2.79. The Bertz CT molecular complexity index is 472. The quantitative estimate of drug-likeness (QED) is 0.685. The molecule has 0 amide bonds. The van der Waals surface area contributed by atoms with Crippen LogP contribution in [0.1, 0.15) is 85.0 Å². The highest BCUT2D eigenvalue weighted by Crippen LogP contribution is 2.68. The minimum absolute atomic E-state index is 0.365. The smallest absolute Gasteiger partial charge is 0.162 e. The van der Waals surface area contributed by atoms with E-state index >= 15 is 0 Å². The summed E-state index contributed by atoms with van der Waals surface area (Å²) in [4.78, 5) is 0. The van der Waals surface area contributed by atoms with Gasteiger partial charge in [-0.15, -0.1) is 0 Å². The van der Waals surface area contributed by atoms with Gasteiger partial charge in [-0.05, 0) is 85.4 Å². The lowest BCUT2D eigenvalue weighted by Gasteiger charge is -2.61. The molecule has 4 saturated carbocycles. The van der Waals surface area contributed by atoms with Crippen molar-refractivity contribution in [2.75, 3.05) is 0 Å². The highest BCUT2D eigenvalue weighted by atomic mass is 16.5. The van der Waals surface area contributed by atoms with E-state index in [1.807, 2.05) is 0 Å². The van der Waals surface area contributed by atoms with Crippen molar-refractivity contribution in [1.29, 1.82) is 0 Å². The molecule has 0 aromatic heterocycles. The molecule has 2 nitrogen and oxygen atoms in total. The van der Waals surface area contributed by atoms with Crippen LogP contribution in [0, 0.1) is 40.4 Å². The van der Waals surface area contributed by atoms with Crippen LogP contribution in [0.25, 0.3) is 0 Å². The molecule has 0 bridgehead atoms. The van der Waals surface area contributed by atoms with Gasteiger partial charge in [0.05, 0.1) is 0 Å². The van der Waals surface area contributed by atoms with Gasteiger partial charge in [0.2, 0.25) is 0 Å². The van der Waals surface area contributed by atoms with Gasteiger partial charge >= 0.3 is 0 Å². The summed E-state index contributed by atoms with van der Waals surface area (Å²) < 4.78 is 0. The van der Waals surface area contributed by atoms with Gasteiger partial charge in [-0.25, -0.2) is 0 Å². The van der Waals surface area contributed by atoms with Crippen LogP contribution in [0.2, 0.25) is 0 Å². The van der Waals surface area contributed by atoms with Crippen LogP contribution >= 0.6 is 0 Å². The van der Waals surface area contributed by atoms with Gasteiger partial charge in [0.15, 0.2) is 5.79 Å². The van der Waals surface area contributed by atoms with Crippen LogP contribution < -0.4 is 0 Å². The zero-order valence-corrected chi connectivity index (χ0v) is 15.4. The van der Waals surface area contributed by atoms with E-state index in [1.54, 1.807) is 0 Å². The summed E-state index contributed by atoms with van der Waals surface area (Å²) in [7, 11) is 0. The van der Waals surface area contributed by atoms with E-state index in [-0.39, 0.29) is 0 Å². The molecule has 0 aromatic rings. The summed E-state index contributed by atoms with van der Waals surface area (Å²) >= 11 is 0. The molecule has 7 atom stereocenters. The van der Waals surface area contributed by atoms with Gasteiger partial charge in [0.25, 0.3) is 0 Å². The maximum Gasteiger partial charge on any atom is 0.162 e. The Hall–Kier alpha value is -0.0800. The number of aliphatic hydroxyl groups is 2. The van der Waals surface area contributed by atoms with Crippen molar-refractivity contribution in [3.63, 3.8) is 0 Å². The largest absolute Gasteiger partial charge is 0.366 e. The van der Waals surface area contributed by atoms with Crippen LogP contribution in [0.3, 0.4) is 0 Å². The fourth-order valence-corrected chi connectivity index (χ4v) is 8.01. The SMILES string of the molecule is CCC1CCC2C3CCC4CC(O)(O)CCC4(C)C3CCC12C. The van der Waals surface area contributed by atoms with E-state index in [0.717, 1.165) is 30.1 Å². The molecule has 132 valence electrons. The normalized spacial score (nSPS) is 54.9. The minimum atomic E-state index is -1.39. The van der Waals surface area contributed by atoms with E-state index in [4.69, 9.17) is 0 Å². The van der Waals surface area contributed by atoms with Gasteiger partial charge in [-0.2, -0.15) is 0 Å². The molecule has 7 unspecified atom stereocenters. The lowest BCUT2D eigenvalue weighted by atomic mass is 9.44. The van der Waals surface area contributed by atoms with Crippen LogP contribution in [0.5, 0.6) is 0 Å². The predicted octanol–water partition coefficient (Wildman–Crippen LogP) is 4.74. The van der Waals surface area contributed by atoms with Crippen LogP contribution in [0.15, 0.2) is 0 Å². The van der Waals surface area contributed by atoms with Crippen molar-refractivity contribution in [3.8, 4) is 0 Å². The second kappa shape index (κ2) is 5.21. The first-order chi connectivity index (χ1) is 10.8. The molecule has 0 radical (unpaired) electrons. The zero-order chi connectivity index (χ0) is 16.5. The summed E-state index contributed by atoms with van der Waals surface area (Å²) in [6.07, 6.45) is 11.9. The Labute approximate surface area is 142 Å². The number of hydrogen-bond donors (Lipinski definition) is 2. The third-order valence-electron chi connectivity index (χ3n) is 9.39. The molecule has 0 saturated heterocycles. The molecule has 0 aromatic carbocycles. The first-order valence-electron chi connectivity index (χ1n) is 10.2. The molecular formula is C21H36O2. The first-order valence-corrected chi connectivity index (χ1v) is 10.2. The Balaban J connectivity index is 1.60. The fraction of sp³-hybridized carbons (Fsp3) is 1.00. The van der Waals surface area contributed by atoms with E-state index in [2.05, 4.69) is 20.8 Å². The molecule has 4 aliphatic rings. The summed E-state index contributed by atoms with van der Waals surface area (Å²) in [6, 6.07) is 0. The molecule has 0 aliphatic heterocycles. The Kier molecular flexibility index (Phi) is 3.71. The van der Waals surface area contributed by atoms with Crippen molar-refractivity contribution >= 4 is 0 Å². The molecule has 23 heavy (non-hydrogen) atoms. The van der Waals surface area contributed by atoms with Gasteiger partial charge in [0, 0.05) is 12.8 Å². The second-order valence-electron chi connectivity index (χ2n) is 10.1. The van der Waals surface area contributed by atoms with Crippen molar-refractivity contribution in [1.82, 2.24) is 0 Å². The monoisotopic (exact) mass is 320 g/mol. The molecule has 0 heterocycles. The predicted molar refractivity (Wildman–Crippen MR) is 92.7 cm³/mol. The summed E-state index contributed by atoms with van der Waals surface area (Å²) in [5.41, 5.74) is 0.967. The fourth-order valence-electron chi connectivity index (χ4n) is 8.01. The third-order valence-corrected chi connectivity index (χ3v) is 9.39. The average molecular weight is 321 g/mol. The Morgan fingerprint density at radius 3 is 2.30 bits per heavy atom. The lowest BCUT2D eigenvalue weighted by Crippen LogP contribution is -2.55. The average Bonchev–Trinajstić information content (AvgIpc) is 2.84. The molecule has 2 N–H and O–H groups in total. The Morgan fingerprint density at radius 2 is 1.57 bits per heavy atom. The van der Waals surface area contributed by atoms with Crippen LogP contribution in [0.4, 0.5) is 0 Å². The number of fused-ring (bicyclic) bond motifs is 5. The van der Waals surface area contributed by atoms with Gasteiger partial charge < -0.3 is 10.2 Å². The molecular weight excluding hydrogens is 284 g/mol. The van der Waals surface area contributed by atoms with E-state index in [1.165, 1.54) is 44.9 Å². The maximum absolute atomic E-state index is 10.1. The number of rotatable bonds is 1. The molecule has 2 heteroatoms. The van der Waals surface area contributed by atoms with E-state index in [0.29, 0.717) is 29.6 Å². The topological polar surface area (TPSA) is 40.5 Å². The van der Waals surface area contributed by atoms with E-state index in [9.17, 15) is 10.2 Å².